The van der Waals surface area contributed by atoms with Crippen molar-refractivity contribution in [3.8, 4) is 5.75 Å². The molecule has 0 bridgehead atoms. The SMILES string of the molecule is COc1c(F)cc(Cl)c(F)c1CC1CCCCN1. The molecule has 100 valence electrons. The molecule has 5 heteroatoms. The molecule has 1 aliphatic rings. The maximum absolute atomic E-state index is 14.0. The average molecular weight is 276 g/mol. The van der Waals surface area contributed by atoms with Gasteiger partial charge in [-0.1, -0.05) is 18.0 Å². The van der Waals surface area contributed by atoms with E-state index in [9.17, 15) is 8.78 Å². The molecule has 1 unspecified atom stereocenters. The Morgan fingerprint density at radius 3 is 2.83 bits per heavy atom. The predicted octanol–water partition coefficient (Wildman–Crippen LogP) is 3.31. The number of ether oxygens (including phenoxy) is 1. The second-order valence-electron chi connectivity index (χ2n) is 4.52. The van der Waals surface area contributed by atoms with Crippen LogP contribution in [0, 0.1) is 11.6 Å². The van der Waals surface area contributed by atoms with Gasteiger partial charge in [0.1, 0.15) is 5.82 Å². The molecule has 0 spiro atoms. The van der Waals surface area contributed by atoms with Crippen molar-refractivity contribution in [2.45, 2.75) is 31.7 Å². The second-order valence-corrected chi connectivity index (χ2v) is 4.92. The van der Waals surface area contributed by atoms with Gasteiger partial charge >= 0.3 is 0 Å². The van der Waals surface area contributed by atoms with Crippen molar-refractivity contribution in [3.05, 3.63) is 28.3 Å². The summed E-state index contributed by atoms with van der Waals surface area (Å²) in [6.07, 6.45) is 3.58. The van der Waals surface area contributed by atoms with Gasteiger partial charge in [0.25, 0.3) is 0 Å². The van der Waals surface area contributed by atoms with Crippen molar-refractivity contribution >= 4 is 11.6 Å². The smallest absolute Gasteiger partial charge is 0.167 e. The summed E-state index contributed by atoms with van der Waals surface area (Å²) in [5.74, 6) is -1.23. The van der Waals surface area contributed by atoms with Gasteiger partial charge in [-0.2, -0.15) is 0 Å². The number of halogens is 3. The van der Waals surface area contributed by atoms with Crippen molar-refractivity contribution < 1.29 is 13.5 Å². The van der Waals surface area contributed by atoms with E-state index < -0.39 is 11.6 Å². The van der Waals surface area contributed by atoms with E-state index in [2.05, 4.69) is 5.32 Å². The quantitative estimate of drug-likeness (QED) is 0.855. The van der Waals surface area contributed by atoms with Crippen LogP contribution in [0.25, 0.3) is 0 Å². The number of benzene rings is 1. The van der Waals surface area contributed by atoms with Gasteiger partial charge in [-0.05, 0) is 31.9 Å². The fourth-order valence-corrected chi connectivity index (χ4v) is 2.59. The lowest BCUT2D eigenvalue weighted by atomic mass is 9.97. The summed E-state index contributed by atoms with van der Waals surface area (Å²) in [6, 6.07) is 1.10. The van der Waals surface area contributed by atoms with Crippen LogP contribution in [0.5, 0.6) is 5.75 Å². The minimum atomic E-state index is -0.616. The van der Waals surface area contributed by atoms with Crippen LogP contribution in [0.4, 0.5) is 8.78 Å². The lowest BCUT2D eigenvalue weighted by molar-refractivity contribution is 0.359. The molecule has 1 N–H and O–H groups in total. The van der Waals surface area contributed by atoms with Crippen LogP contribution in [0.3, 0.4) is 0 Å². The highest BCUT2D eigenvalue weighted by Gasteiger charge is 2.22. The van der Waals surface area contributed by atoms with Crippen LogP contribution in [0.15, 0.2) is 6.07 Å². The highest BCUT2D eigenvalue weighted by molar-refractivity contribution is 6.30. The number of methoxy groups -OCH3 is 1. The van der Waals surface area contributed by atoms with Crippen molar-refractivity contribution in [1.82, 2.24) is 5.32 Å². The third-order valence-corrected chi connectivity index (χ3v) is 3.56. The summed E-state index contributed by atoms with van der Waals surface area (Å²) in [4.78, 5) is 0. The topological polar surface area (TPSA) is 21.3 Å². The van der Waals surface area contributed by atoms with Crippen LogP contribution < -0.4 is 10.1 Å². The van der Waals surface area contributed by atoms with E-state index in [0.717, 1.165) is 31.9 Å². The Morgan fingerprint density at radius 1 is 1.44 bits per heavy atom. The first-order chi connectivity index (χ1) is 8.63. The molecule has 2 rings (SSSR count). The summed E-state index contributed by atoms with van der Waals surface area (Å²) in [5.41, 5.74) is 0.224. The van der Waals surface area contributed by atoms with E-state index in [4.69, 9.17) is 16.3 Å². The van der Waals surface area contributed by atoms with E-state index in [1.807, 2.05) is 0 Å². The molecule has 1 fully saturated rings. The van der Waals surface area contributed by atoms with Gasteiger partial charge in [0.05, 0.1) is 12.1 Å². The second kappa shape index (κ2) is 5.85. The highest BCUT2D eigenvalue weighted by Crippen LogP contribution is 2.32. The Labute approximate surface area is 110 Å². The third-order valence-electron chi connectivity index (χ3n) is 3.29. The lowest BCUT2D eigenvalue weighted by Gasteiger charge is -2.24. The molecule has 1 aliphatic heterocycles. The Bertz CT molecular complexity index is 433. The molecule has 0 amide bonds. The number of piperidine rings is 1. The maximum atomic E-state index is 14.0. The van der Waals surface area contributed by atoms with E-state index in [1.54, 1.807) is 0 Å². The zero-order chi connectivity index (χ0) is 13.1. The van der Waals surface area contributed by atoms with Gasteiger partial charge in [-0.3, -0.25) is 0 Å². The summed E-state index contributed by atoms with van der Waals surface area (Å²) >= 11 is 5.67. The molecule has 0 aromatic heterocycles. The Balaban J connectivity index is 2.29. The van der Waals surface area contributed by atoms with Gasteiger partial charge in [0, 0.05) is 11.6 Å². The van der Waals surface area contributed by atoms with Crippen molar-refractivity contribution in [2.24, 2.45) is 0 Å². The van der Waals surface area contributed by atoms with Crippen molar-refractivity contribution in [3.63, 3.8) is 0 Å². The molecule has 1 aromatic carbocycles. The Kier molecular flexibility index (Phi) is 4.40. The van der Waals surface area contributed by atoms with Crippen molar-refractivity contribution in [2.75, 3.05) is 13.7 Å². The van der Waals surface area contributed by atoms with Gasteiger partial charge in [-0.15, -0.1) is 0 Å². The first-order valence-electron chi connectivity index (χ1n) is 6.07. The van der Waals surface area contributed by atoms with Crippen LogP contribution >= 0.6 is 11.6 Å². The molecule has 0 radical (unpaired) electrons. The monoisotopic (exact) mass is 275 g/mol. The minimum Gasteiger partial charge on any atom is -0.493 e. The summed E-state index contributed by atoms with van der Waals surface area (Å²) in [6.45, 7) is 0.914. The van der Waals surface area contributed by atoms with Gasteiger partial charge in [0.2, 0.25) is 0 Å². The first kappa shape index (κ1) is 13.6. The van der Waals surface area contributed by atoms with Crippen LogP contribution in [-0.4, -0.2) is 19.7 Å². The van der Waals surface area contributed by atoms with Crippen LogP contribution in [0.1, 0.15) is 24.8 Å². The minimum absolute atomic E-state index is 0.0377. The third kappa shape index (κ3) is 2.75. The average Bonchev–Trinajstić information content (AvgIpc) is 2.37. The standard InChI is InChI=1S/C13H16ClF2NO/c1-18-13-9(6-8-4-2-3-5-17-8)12(16)10(14)7-11(13)15/h7-8,17H,2-6H2,1H3. The Hall–Kier alpha value is -0.870. The molecular weight excluding hydrogens is 260 g/mol. The van der Waals surface area contributed by atoms with E-state index >= 15 is 0 Å². The lowest BCUT2D eigenvalue weighted by Crippen LogP contribution is -2.36. The molecule has 18 heavy (non-hydrogen) atoms. The van der Waals surface area contributed by atoms with Crippen LogP contribution in [-0.2, 0) is 6.42 Å². The van der Waals surface area contributed by atoms with Crippen molar-refractivity contribution in [1.29, 1.82) is 0 Å². The Morgan fingerprint density at radius 2 is 2.22 bits per heavy atom. The van der Waals surface area contributed by atoms with Gasteiger partial charge in [-0.25, -0.2) is 8.78 Å². The number of hydrogen-bond donors (Lipinski definition) is 1. The predicted molar refractivity (Wildman–Crippen MR) is 67.3 cm³/mol. The molecule has 1 saturated heterocycles. The fourth-order valence-electron chi connectivity index (χ4n) is 2.38. The summed E-state index contributed by atoms with van der Waals surface area (Å²) in [7, 11) is 1.34. The van der Waals surface area contributed by atoms with Crippen LogP contribution in [0.2, 0.25) is 5.02 Å². The molecule has 1 heterocycles. The molecule has 1 atom stereocenters. The molecule has 2 nitrogen and oxygen atoms in total. The molecule has 1 aromatic rings. The largest absolute Gasteiger partial charge is 0.493 e. The van der Waals surface area contributed by atoms with E-state index in [-0.39, 0.29) is 22.4 Å². The first-order valence-corrected chi connectivity index (χ1v) is 6.45. The molecule has 0 aliphatic carbocycles. The van der Waals surface area contributed by atoms with E-state index in [0.29, 0.717) is 6.42 Å². The van der Waals surface area contributed by atoms with E-state index in [1.165, 1.54) is 7.11 Å². The summed E-state index contributed by atoms with van der Waals surface area (Å²) < 4.78 is 32.6. The normalized spacial score (nSPS) is 19.9. The zero-order valence-electron chi connectivity index (χ0n) is 10.2. The van der Waals surface area contributed by atoms with Gasteiger partial charge in [0.15, 0.2) is 11.6 Å². The summed E-state index contributed by atoms with van der Waals surface area (Å²) in [5, 5.41) is 3.10. The highest BCUT2D eigenvalue weighted by atomic mass is 35.5. The molecular formula is C13H16ClF2NO. The number of rotatable bonds is 3. The van der Waals surface area contributed by atoms with Gasteiger partial charge < -0.3 is 10.1 Å². The number of nitrogens with one attached hydrogen (secondary N) is 1. The maximum Gasteiger partial charge on any atom is 0.167 e. The fraction of sp³-hybridized carbons (Fsp3) is 0.538. The zero-order valence-corrected chi connectivity index (χ0v) is 11.0. The number of hydrogen-bond acceptors (Lipinski definition) is 2. The molecule has 0 saturated carbocycles.